The molecule has 0 aliphatic heterocycles. The first kappa shape index (κ1) is 11.7. The fourth-order valence-corrected chi connectivity index (χ4v) is 1.49. The van der Waals surface area contributed by atoms with Gasteiger partial charge in [-0.3, -0.25) is 0 Å². The normalized spacial score (nSPS) is 13.4. The molecule has 11 heavy (non-hydrogen) atoms. The van der Waals surface area contributed by atoms with Crippen LogP contribution >= 0.6 is 22.6 Å². The highest BCUT2D eigenvalue weighted by molar-refractivity contribution is 14.1. The molecule has 0 saturated carbocycles. The smallest absolute Gasteiger partial charge is 0.00210 e. The van der Waals surface area contributed by atoms with Crippen molar-refractivity contribution in [3.05, 3.63) is 0 Å². The minimum Gasteiger partial charge on any atom is -0.320 e. The van der Waals surface area contributed by atoms with E-state index in [1.54, 1.807) is 0 Å². The lowest BCUT2D eigenvalue weighted by atomic mass is 10.1. The highest BCUT2D eigenvalue weighted by atomic mass is 127. The maximum absolute atomic E-state index is 3.17. The van der Waals surface area contributed by atoms with Crippen LogP contribution in [0.25, 0.3) is 0 Å². The Labute approximate surface area is 84.5 Å². The summed E-state index contributed by atoms with van der Waals surface area (Å²) >= 11 is 2.47. The minimum absolute atomic E-state index is 0.921. The van der Waals surface area contributed by atoms with E-state index in [4.69, 9.17) is 0 Å². The molecule has 0 amide bonds. The largest absolute Gasteiger partial charge is 0.320 e. The molecule has 68 valence electrons. The van der Waals surface area contributed by atoms with E-state index in [-0.39, 0.29) is 0 Å². The Morgan fingerprint density at radius 1 is 1.27 bits per heavy atom. The van der Waals surface area contributed by atoms with E-state index in [9.17, 15) is 0 Å². The third-order valence-corrected chi connectivity index (χ3v) is 3.39. The van der Waals surface area contributed by atoms with Gasteiger partial charge >= 0.3 is 0 Å². The molecule has 0 aromatic heterocycles. The van der Waals surface area contributed by atoms with Gasteiger partial charge in [0.15, 0.2) is 0 Å². The summed E-state index contributed by atoms with van der Waals surface area (Å²) in [5, 5.41) is 3.17. The van der Waals surface area contributed by atoms with Crippen molar-refractivity contribution in [1.29, 1.82) is 0 Å². The second kappa shape index (κ2) is 8.78. The van der Waals surface area contributed by atoms with Gasteiger partial charge in [0.2, 0.25) is 0 Å². The fraction of sp³-hybridized carbons (Fsp3) is 1.00. The predicted molar refractivity (Wildman–Crippen MR) is 60.4 cm³/mol. The molecule has 0 aliphatic carbocycles. The van der Waals surface area contributed by atoms with Gasteiger partial charge in [-0.25, -0.2) is 0 Å². The topological polar surface area (TPSA) is 12.0 Å². The van der Waals surface area contributed by atoms with E-state index < -0.39 is 0 Å². The van der Waals surface area contributed by atoms with Gasteiger partial charge in [0.25, 0.3) is 0 Å². The van der Waals surface area contributed by atoms with Gasteiger partial charge in [0.05, 0.1) is 0 Å². The van der Waals surface area contributed by atoms with Crippen LogP contribution in [-0.2, 0) is 0 Å². The molecule has 2 heteroatoms. The maximum Gasteiger partial charge on any atom is 0.00210 e. The van der Waals surface area contributed by atoms with E-state index in [1.807, 2.05) is 7.05 Å². The van der Waals surface area contributed by atoms with E-state index in [1.165, 1.54) is 36.7 Å². The zero-order chi connectivity index (χ0) is 8.53. The summed E-state index contributed by atoms with van der Waals surface area (Å²) < 4.78 is 1.31. The summed E-state index contributed by atoms with van der Waals surface area (Å²) in [6, 6.07) is 0. The van der Waals surface area contributed by atoms with Crippen LogP contribution in [0.15, 0.2) is 0 Å². The zero-order valence-corrected chi connectivity index (χ0v) is 9.86. The maximum atomic E-state index is 3.17. The van der Waals surface area contributed by atoms with Crippen LogP contribution in [0.1, 0.15) is 32.6 Å². The molecule has 0 saturated heterocycles. The molecule has 0 spiro atoms. The Hall–Kier alpha value is 0.690. The molecule has 0 aliphatic rings. The molecule has 0 rings (SSSR count). The van der Waals surface area contributed by atoms with Crippen molar-refractivity contribution in [2.45, 2.75) is 32.6 Å². The van der Waals surface area contributed by atoms with Crippen LogP contribution in [0.2, 0.25) is 0 Å². The van der Waals surface area contributed by atoms with Gasteiger partial charge in [-0.1, -0.05) is 42.4 Å². The van der Waals surface area contributed by atoms with Crippen LogP contribution in [0.4, 0.5) is 0 Å². The minimum atomic E-state index is 0.921. The lowest BCUT2D eigenvalue weighted by Crippen LogP contribution is -2.07. The first-order valence-electron chi connectivity index (χ1n) is 4.51. The Kier molecular flexibility index (Phi) is 9.33. The molecule has 0 aromatic carbocycles. The lowest BCUT2D eigenvalue weighted by Gasteiger charge is -2.06. The number of halogens is 1. The first-order valence-corrected chi connectivity index (χ1v) is 6.04. The summed E-state index contributed by atoms with van der Waals surface area (Å²) in [7, 11) is 2.02. The van der Waals surface area contributed by atoms with Crippen molar-refractivity contribution in [1.82, 2.24) is 5.32 Å². The van der Waals surface area contributed by atoms with Crippen molar-refractivity contribution in [2.24, 2.45) is 5.92 Å². The fourth-order valence-electron chi connectivity index (χ4n) is 1.05. The molecule has 1 atom stereocenters. The Bertz CT molecular complexity index is 76.0. The SMILES string of the molecule is CNCCCCC[C@H](C)CI. The highest BCUT2D eigenvalue weighted by Crippen LogP contribution is 2.11. The van der Waals surface area contributed by atoms with Crippen LogP contribution in [0, 0.1) is 5.92 Å². The molecule has 0 heterocycles. The van der Waals surface area contributed by atoms with Crippen LogP contribution in [0.3, 0.4) is 0 Å². The van der Waals surface area contributed by atoms with Crippen molar-refractivity contribution >= 4 is 22.6 Å². The summed E-state index contributed by atoms with van der Waals surface area (Å²) in [5.74, 6) is 0.921. The molecule has 0 aromatic rings. The Morgan fingerprint density at radius 3 is 2.55 bits per heavy atom. The monoisotopic (exact) mass is 269 g/mol. The molecule has 0 fully saturated rings. The van der Waals surface area contributed by atoms with Crippen molar-refractivity contribution in [2.75, 3.05) is 18.0 Å². The summed E-state index contributed by atoms with van der Waals surface area (Å²) in [6.07, 6.45) is 5.55. The van der Waals surface area contributed by atoms with Crippen LogP contribution < -0.4 is 5.32 Å². The highest BCUT2D eigenvalue weighted by Gasteiger charge is 1.97. The Balaban J connectivity index is 2.89. The number of nitrogens with one attached hydrogen (secondary N) is 1. The summed E-state index contributed by atoms with van der Waals surface area (Å²) in [5.41, 5.74) is 0. The number of hydrogen-bond donors (Lipinski definition) is 1. The quantitative estimate of drug-likeness (QED) is 0.426. The van der Waals surface area contributed by atoms with Crippen molar-refractivity contribution in [3.8, 4) is 0 Å². The second-order valence-electron chi connectivity index (χ2n) is 3.21. The third kappa shape index (κ3) is 8.60. The van der Waals surface area contributed by atoms with Gasteiger partial charge in [0.1, 0.15) is 0 Å². The van der Waals surface area contributed by atoms with Crippen LogP contribution in [0.5, 0.6) is 0 Å². The molecular formula is C9H20IN. The van der Waals surface area contributed by atoms with E-state index in [0.29, 0.717) is 0 Å². The number of unbranched alkanes of at least 4 members (excludes halogenated alkanes) is 2. The van der Waals surface area contributed by atoms with Crippen molar-refractivity contribution in [3.63, 3.8) is 0 Å². The van der Waals surface area contributed by atoms with Gasteiger partial charge in [-0.2, -0.15) is 0 Å². The number of rotatable bonds is 7. The number of hydrogen-bond acceptors (Lipinski definition) is 1. The molecule has 0 bridgehead atoms. The first-order chi connectivity index (χ1) is 5.31. The third-order valence-electron chi connectivity index (χ3n) is 1.89. The van der Waals surface area contributed by atoms with E-state index in [0.717, 1.165) is 5.92 Å². The van der Waals surface area contributed by atoms with Gasteiger partial charge in [-0.05, 0) is 32.4 Å². The molecule has 0 radical (unpaired) electrons. The van der Waals surface area contributed by atoms with Gasteiger partial charge in [0, 0.05) is 4.43 Å². The Morgan fingerprint density at radius 2 is 2.00 bits per heavy atom. The summed E-state index contributed by atoms with van der Waals surface area (Å²) in [6.45, 7) is 3.52. The van der Waals surface area contributed by atoms with E-state index in [2.05, 4.69) is 34.8 Å². The average Bonchev–Trinajstić information content (AvgIpc) is 2.04. The molecule has 1 N–H and O–H groups in total. The average molecular weight is 269 g/mol. The zero-order valence-electron chi connectivity index (χ0n) is 7.70. The standard InChI is InChI=1S/C9H20IN/c1-9(8-10)6-4-3-5-7-11-2/h9,11H,3-8H2,1-2H3/t9-/m0/s1. The molecule has 0 unspecified atom stereocenters. The predicted octanol–water partition coefficient (Wildman–Crippen LogP) is 2.84. The number of alkyl halides is 1. The molecular weight excluding hydrogens is 249 g/mol. The van der Waals surface area contributed by atoms with Gasteiger partial charge in [-0.15, -0.1) is 0 Å². The van der Waals surface area contributed by atoms with Crippen LogP contribution in [-0.4, -0.2) is 18.0 Å². The molecule has 1 nitrogen and oxygen atoms in total. The lowest BCUT2D eigenvalue weighted by molar-refractivity contribution is 0.532. The summed E-state index contributed by atoms with van der Waals surface area (Å²) in [4.78, 5) is 0. The van der Waals surface area contributed by atoms with Gasteiger partial charge < -0.3 is 5.32 Å². The second-order valence-corrected chi connectivity index (χ2v) is 4.09. The van der Waals surface area contributed by atoms with Crippen molar-refractivity contribution < 1.29 is 0 Å². The van der Waals surface area contributed by atoms with E-state index >= 15 is 0 Å².